The quantitative estimate of drug-likeness (QED) is 0.287. The molecule has 0 aliphatic carbocycles. The van der Waals surface area contributed by atoms with E-state index in [1.54, 1.807) is 12.1 Å². The highest BCUT2D eigenvalue weighted by molar-refractivity contribution is 5.94. The Bertz CT molecular complexity index is 1240. The molecule has 4 rings (SSSR count). The molecule has 164 valence electrons. The number of H-pyrrole nitrogens is 1. The molecule has 1 heterocycles. The van der Waals surface area contributed by atoms with Gasteiger partial charge >= 0.3 is 0 Å². The zero-order valence-electron chi connectivity index (χ0n) is 18.2. The van der Waals surface area contributed by atoms with E-state index in [1.807, 2.05) is 60.7 Å². The van der Waals surface area contributed by atoms with E-state index in [1.165, 1.54) is 11.8 Å². The van der Waals surface area contributed by atoms with Crippen molar-refractivity contribution in [2.75, 3.05) is 0 Å². The molecule has 1 aromatic heterocycles. The summed E-state index contributed by atoms with van der Waals surface area (Å²) in [4.78, 5) is 12.3. The van der Waals surface area contributed by atoms with E-state index < -0.39 is 0 Å². The van der Waals surface area contributed by atoms with E-state index in [9.17, 15) is 4.79 Å². The van der Waals surface area contributed by atoms with Crippen molar-refractivity contribution in [1.29, 1.82) is 0 Å². The van der Waals surface area contributed by atoms with Gasteiger partial charge in [-0.3, -0.25) is 9.89 Å². The van der Waals surface area contributed by atoms with Crippen molar-refractivity contribution in [3.63, 3.8) is 0 Å². The molecule has 0 spiro atoms. The summed E-state index contributed by atoms with van der Waals surface area (Å²) in [6, 6.07) is 27.4. The van der Waals surface area contributed by atoms with E-state index in [0.29, 0.717) is 18.0 Å². The highest BCUT2D eigenvalue weighted by Gasteiger charge is 2.10. The maximum Gasteiger partial charge on any atom is 0.289 e. The minimum atomic E-state index is -0.365. The van der Waals surface area contributed by atoms with Crippen LogP contribution in [0, 0.1) is 6.92 Å². The number of aromatic nitrogens is 2. The number of nitrogens with zero attached hydrogens (tertiary/aromatic N) is 2. The Balaban J connectivity index is 1.29. The molecule has 0 unspecified atom stereocenters. The van der Waals surface area contributed by atoms with Gasteiger partial charge in [0.25, 0.3) is 5.91 Å². The van der Waals surface area contributed by atoms with Crippen LogP contribution in [0.25, 0.3) is 17.3 Å². The zero-order chi connectivity index (χ0) is 22.9. The number of ether oxygens (including phenoxy) is 1. The highest BCUT2D eigenvalue weighted by atomic mass is 16.5. The second-order valence-electron chi connectivity index (χ2n) is 7.45. The fourth-order valence-electron chi connectivity index (χ4n) is 3.08. The number of carbonyl (C=O) groups is 1. The van der Waals surface area contributed by atoms with Crippen molar-refractivity contribution in [2.24, 2.45) is 5.10 Å². The smallest absolute Gasteiger partial charge is 0.289 e. The van der Waals surface area contributed by atoms with Crippen molar-refractivity contribution >= 4 is 18.2 Å². The predicted molar refractivity (Wildman–Crippen MR) is 131 cm³/mol. The average Bonchev–Trinajstić information content (AvgIpc) is 3.35. The van der Waals surface area contributed by atoms with Crippen LogP contribution in [0.4, 0.5) is 0 Å². The summed E-state index contributed by atoms with van der Waals surface area (Å²) in [6.07, 6.45) is 5.19. The number of carbonyl (C=O) groups excluding carboxylic acids is 1. The molecular weight excluding hydrogens is 412 g/mol. The van der Waals surface area contributed by atoms with E-state index in [4.69, 9.17) is 4.74 Å². The summed E-state index contributed by atoms with van der Waals surface area (Å²) in [6.45, 7) is 2.57. The molecule has 6 heteroatoms. The van der Waals surface area contributed by atoms with E-state index in [-0.39, 0.29) is 5.91 Å². The SMILES string of the molecule is Cc1ccc(COc2ccc(-c3cc(C(=O)N/N=C\C=C\c4ccccc4)[nH]n3)cc2)cc1. The Morgan fingerprint density at radius 3 is 2.55 bits per heavy atom. The third-order valence-electron chi connectivity index (χ3n) is 4.91. The van der Waals surface area contributed by atoms with Crippen LogP contribution in [-0.2, 0) is 6.61 Å². The lowest BCUT2D eigenvalue weighted by Crippen LogP contribution is -2.17. The number of allylic oxidation sites excluding steroid dienone is 1. The molecule has 0 atom stereocenters. The Morgan fingerprint density at radius 1 is 1.03 bits per heavy atom. The minimum Gasteiger partial charge on any atom is -0.489 e. The Kier molecular flexibility index (Phi) is 7.08. The summed E-state index contributed by atoms with van der Waals surface area (Å²) < 4.78 is 5.84. The maximum absolute atomic E-state index is 12.3. The lowest BCUT2D eigenvalue weighted by molar-refractivity contribution is 0.0950. The Morgan fingerprint density at radius 2 is 1.79 bits per heavy atom. The molecule has 4 aromatic rings. The summed E-state index contributed by atoms with van der Waals surface area (Å²) >= 11 is 0. The number of hydrogen-bond donors (Lipinski definition) is 2. The van der Waals surface area contributed by atoms with Crippen molar-refractivity contribution in [3.8, 4) is 17.0 Å². The highest BCUT2D eigenvalue weighted by Crippen LogP contribution is 2.22. The van der Waals surface area contributed by atoms with Crippen LogP contribution >= 0.6 is 0 Å². The molecular formula is C27H24N4O2. The largest absolute Gasteiger partial charge is 0.489 e. The number of nitrogens with one attached hydrogen (secondary N) is 2. The first-order valence-corrected chi connectivity index (χ1v) is 10.6. The van der Waals surface area contributed by atoms with Crippen molar-refractivity contribution in [2.45, 2.75) is 13.5 Å². The van der Waals surface area contributed by atoms with E-state index >= 15 is 0 Å². The van der Waals surface area contributed by atoms with Gasteiger partial charge in [0.1, 0.15) is 18.1 Å². The third kappa shape index (κ3) is 6.27. The van der Waals surface area contributed by atoms with Gasteiger partial charge in [0.15, 0.2) is 0 Å². The molecule has 1 amide bonds. The van der Waals surface area contributed by atoms with Crippen molar-refractivity contribution in [1.82, 2.24) is 15.6 Å². The molecule has 0 saturated heterocycles. The van der Waals surface area contributed by atoms with Crippen LogP contribution in [0.5, 0.6) is 5.75 Å². The first-order valence-electron chi connectivity index (χ1n) is 10.6. The Hall–Kier alpha value is -4.45. The van der Waals surface area contributed by atoms with Crippen molar-refractivity contribution in [3.05, 3.63) is 113 Å². The van der Waals surface area contributed by atoms with Gasteiger partial charge < -0.3 is 4.74 Å². The predicted octanol–water partition coefficient (Wildman–Crippen LogP) is 5.39. The number of aryl methyl sites for hydroxylation is 1. The van der Waals surface area contributed by atoms with Crippen molar-refractivity contribution < 1.29 is 9.53 Å². The van der Waals surface area contributed by atoms with Crippen LogP contribution in [0.2, 0.25) is 0 Å². The number of hydrazone groups is 1. The lowest BCUT2D eigenvalue weighted by atomic mass is 10.1. The molecule has 0 radical (unpaired) electrons. The summed E-state index contributed by atoms with van der Waals surface area (Å²) in [5.74, 6) is 0.405. The van der Waals surface area contributed by atoms with Crippen LogP contribution in [-0.4, -0.2) is 22.3 Å². The third-order valence-corrected chi connectivity index (χ3v) is 4.91. The topological polar surface area (TPSA) is 79.4 Å². The number of hydrogen-bond acceptors (Lipinski definition) is 4. The number of aromatic amines is 1. The van der Waals surface area contributed by atoms with Crippen LogP contribution in [0.1, 0.15) is 27.2 Å². The molecule has 0 aliphatic rings. The molecule has 0 saturated carbocycles. The van der Waals surface area contributed by atoms with Gasteiger partial charge in [0, 0.05) is 11.8 Å². The zero-order valence-corrected chi connectivity index (χ0v) is 18.2. The molecule has 6 nitrogen and oxygen atoms in total. The number of amides is 1. The van der Waals surface area contributed by atoms with Gasteiger partial charge in [-0.25, -0.2) is 5.43 Å². The number of rotatable bonds is 8. The van der Waals surface area contributed by atoms with Crippen LogP contribution in [0.15, 0.2) is 96.1 Å². The second-order valence-corrected chi connectivity index (χ2v) is 7.45. The Labute approximate surface area is 192 Å². The summed E-state index contributed by atoms with van der Waals surface area (Å²) in [5.41, 5.74) is 7.75. The molecule has 33 heavy (non-hydrogen) atoms. The van der Waals surface area contributed by atoms with Gasteiger partial charge in [-0.05, 0) is 54.5 Å². The van der Waals surface area contributed by atoms with Crippen LogP contribution < -0.4 is 10.2 Å². The fourth-order valence-corrected chi connectivity index (χ4v) is 3.08. The fraction of sp³-hybridized carbons (Fsp3) is 0.0741. The summed E-state index contributed by atoms with van der Waals surface area (Å²) in [7, 11) is 0. The van der Waals surface area contributed by atoms with Gasteiger partial charge in [-0.15, -0.1) is 0 Å². The summed E-state index contributed by atoms with van der Waals surface area (Å²) in [5, 5.41) is 10.9. The van der Waals surface area contributed by atoms with E-state index in [2.05, 4.69) is 51.9 Å². The lowest BCUT2D eigenvalue weighted by Gasteiger charge is -2.07. The standard InChI is InChI=1S/C27H24N4O2/c1-20-9-11-22(12-10-20)19-33-24-15-13-23(14-16-24)25-18-26(30-29-25)27(32)31-28-17-5-8-21-6-3-2-4-7-21/h2-18H,19H2,1H3,(H,29,30)(H,31,32)/b8-5+,28-17-. The van der Waals surface area contributed by atoms with Gasteiger partial charge in [0.2, 0.25) is 0 Å². The average molecular weight is 437 g/mol. The minimum absolute atomic E-state index is 0.328. The molecule has 0 aliphatic heterocycles. The van der Waals surface area contributed by atoms with E-state index in [0.717, 1.165) is 22.4 Å². The first-order chi connectivity index (χ1) is 16.2. The van der Waals surface area contributed by atoms with Gasteiger partial charge in [-0.2, -0.15) is 10.2 Å². The normalized spacial score (nSPS) is 11.2. The molecule has 3 aromatic carbocycles. The molecule has 0 bridgehead atoms. The first kappa shape index (κ1) is 21.8. The monoisotopic (exact) mass is 436 g/mol. The van der Waals surface area contributed by atoms with Gasteiger partial charge in [-0.1, -0.05) is 66.2 Å². The van der Waals surface area contributed by atoms with Crippen LogP contribution in [0.3, 0.4) is 0 Å². The second kappa shape index (κ2) is 10.7. The number of benzene rings is 3. The molecule has 2 N–H and O–H groups in total. The maximum atomic E-state index is 12.3. The van der Waals surface area contributed by atoms with Gasteiger partial charge in [0.05, 0.1) is 5.69 Å². The molecule has 0 fully saturated rings.